The van der Waals surface area contributed by atoms with Crippen LogP contribution in [0.2, 0.25) is 5.02 Å². The average Bonchev–Trinajstić information content (AvgIpc) is 3.04. The zero-order chi connectivity index (χ0) is 20.6. The Morgan fingerprint density at radius 2 is 1.79 bits per heavy atom. The second-order valence-electron chi connectivity index (χ2n) is 5.85. The zero-order valence-corrected chi connectivity index (χ0v) is 16.2. The summed E-state index contributed by atoms with van der Waals surface area (Å²) in [6.45, 7) is -1.09. The molecule has 0 aliphatic rings. The molecule has 0 bridgehead atoms. The van der Waals surface area contributed by atoms with E-state index in [1.807, 2.05) is 0 Å². The first kappa shape index (κ1) is 20.2. The molecule has 3 rings (SSSR count). The number of hydrogen-bond acceptors (Lipinski definition) is 5. The number of methoxy groups -OCH3 is 1. The van der Waals surface area contributed by atoms with Crippen LogP contribution in [-0.4, -0.2) is 26.9 Å². The summed E-state index contributed by atoms with van der Waals surface area (Å²) in [6.07, 6.45) is 0.686. The van der Waals surface area contributed by atoms with E-state index in [9.17, 15) is 21.6 Å². The maximum atomic E-state index is 14.3. The van der Waals surface area contributed by atoms with Gasteiger partial charge >= 0.3 is 0 Å². The molecule has 0 unspecified atom stereocenters. The molecule has 148 valence electrons. The third-order valence-corrected chi connectivity index (χ3v) is 5.41. The van der Waals surface area contributed by atoms with E-state index in [4.69, 9.17) is 20.9 Å². The molecule has 0 aliphatic heterocycles. The maximum absolute atomic E-state index is 14.3. The van der Waals surface area contributed by atoms with Crippen LogP contribution in [0, 0.1) is 11.6 Å². The Morgan fingerprint density at radius 3 is 2.32 bits per heavy atom. The van der Waals surface area contributed by atoms with E-state index in [1.165, 1.54) is 19.2 Å². The summed E-state index contributed by atoms with van der Waals surface area (Å²) in [6, 6.07) is 6.15. The van der Waals surface area contributed by atoms with Gasteiger partial charge in [0.05, 0.1) is 17.7 Å². The molecule has 0 amide bonds. The number of rotatable bonds is 5. The van der Waals surface area contributed by atoms with Crippen LogP contribution in [0.15, 0.2) is 39.8 Å². The molecular formula is C18H13ClF3NO4S. The first-order chi connectivity index (χ1) is 13.2. The quantitative estimate of drug-likeness (QED) is 0.579. The molecule has 2 aromatic carbocycles. The van der Waals surface area contributed by atoms with E-state index >= 15 is 0 Å². The summed E-state index contributed by atoms with van der Waals surface area (Å²) < 4.78 is 75.4. The molecule has 1 heterocycles. The van der Waals surface area contributed by atoms with Crippen molar-refractivity contribution in [3.05, 3.63) is 52.7 Å². The Morgan fingerprint density at radius 1 is 1.14 bits per heavy atom. The summed E-state index contributed by atoms with van der Waals surface area (Å²) in [5.41, 5.74) is 0.353. The van der Waals surface area contributed by atoms with Crippen LogP contribution in [-0.2, 0) is 16.5 Å². The van der Waals surface area contributed by atoms with Crippen LogP contribution < -0.4 is 4.74 Å². The highest BCUT2D eigenvalue weighted by atomic mass is 35.5. The van der Waals surface area contributed by atoms with Gasteiger partial charge in [0.1, 0.15) is 28.0 Å². The molecule has 0 N–H and O–H groups in total. The molecule has 0 aliphatic carbocycles. The van der Waals surface area contributed by atoms with Crippen LogP contribution >= 0.6 is 11.6 Å². The van der Waals surface area contributed by atoms with Gasteiger partial charge in [-0.25, -0.2) is 21.6 Å². The highest BCUT2D eigenvalue weighted by molar-refractivity contribution is 7.90. The number of sulfone groups is 1. The highest BCUT2D eigenvalue weighted by Crippen LogP contribution is 2.39. The minimum absolute atomic E-state index is 0.00951. The van der Waals surface area contributed by atoms with Gasteiger partial charge < -0.3 is 9.26 Å². The molecular weight excluding hydrogens is 419 g/mol. The number of nitrogens with zero attached hydrogens (tertiary/aromatic N) is 1. The summed E-state index contributed by atoms with van der Waals surface area (Å²) in [5.74, 6) is -2.57. The third-order valence-electron chi connectivity index (χ3n) is 3.97. The number of ether oxygens (including phenoxy) is 1. The minimum Gasteiger partial charge on any atom is -0.495 e. The SMILES string of the molecule is COc1cc(-c2noc(CF)c2-c2cc(F)c(S(C)(=O)=O)c(F)c2)ccc1Cl. The number of alkyl halides is 1. The van der Waals surface area contributed by atoms with Crippen LogP contribution in [0.5, 0.6) is 5.75 Å². The van der Waals surface area contributed by atoms with E-state index in [-0.39, 0.29) is 22.6 Å². The first-order valence-electron chi connectivity index (χ1n) is 7.75. The van der Waals surface area contributed by atoms with Crippen molar-refractivity contribution >= 4 is 21.4 Å². The highest BCUT2D eigenvalue weighted by Gasteiger charge is 2.25. The Kier molecular flexibility index (Phi) is 5.40. The fourth-order valence-electron chi connectivity index (χ4n) is 2.78. The lowest BCUT2D eigenvalue weighted by molar-refractivity contribution is 0.332. The van der Waals surface area contributed by atoms with Gasteiger partial charge in [-0.15, -0.1) is 0 Å². The molecule has 28 heavy (non-hydrogen) atoms. The molecule has 0 saturated heterocycles. The monoisotopic (exact) mass is 431 g/mol. The lowest BCUT2D eigenvalue weighted by Gasteiger charge is -2.09. The van der Waals surface area contributed by atoms with Crippen molar-refractivity contribution in [3.8, 4) is 28.1 Å². The van der Waals surface area contributed by atoms with Gasteiger partial charge in [0, 0.05) is 11.8 Å². The van der Waals surface area contributed by atoms with E-state index in [1.54, 1.807) is 6.07 Å². The fourth-order valence-corrected chi connectivity index (χ4v) is 3.80. The topological polar surface area (TPSA) is 69.4 Å². The summed E-state index contributed by atoms with van der Waals surface area (Å²) >= 11 is 5.99. The molecule has 0 spiro atoms. The predicted molar refractivity (Wildman–Crippen MR) is 96.8 cm³/mol. The van der Waals surface area contributed by atoms with Crippen LogP contribution in [0.4, 0.5) is 13.2 Å². The molecule has 0 atom stereocenters. The van der Waals surface area contributed by atoms with Crippen molar-refractivity contribution in [1.29, 1.82) is 0 Å². The molecule has 3 aromatic rings. The number of halogens is 4. The maximum Gasteiger partial charge on any atom is 0.181 e. The van der Waals surface area contributed by atoms with Gasteiger partial charge in [0.25, 0.3) is 0 Å². The van der Waals surface area contributed by atoms with Crippen molar-refractivity contribution in [2.75, 3.05) is 13.4 Å². The zero-order valence-electron chi connectivity index (χ0n) is 14.6. The Labute approximate surface area is 163 Å². The largest absolute Gasteiger partial charge is 0.495 e. The van der Waals surface area contributed by atoms with Gasteiger partial charge in [0.15, 0.2) is 22.3 Å². The lowest BCUT2D eigenvalue weighted by Crippen LogP contribution is -2.05. The van der Waals surface area contributed by atoms with Crippen LogP contribution in [0.25, 0.3) is 22.4 Å². The van der Waals surface area contributed by atoms with E-state index in [2.05, 4.69) is 5.16 Å². The van der Waals surface area contributed by atoms with Gasteiger partial charge in [-0.05, 0) is 29.8 Å². The second kappa shape index (κ2) is 7.48. The average molecular weight is 432 g/mol. The van der Waals surface area contributed by atoms with Crippen LogP contribution in [0.3, 0.4) is 0 Å². The fraction of sp³-hybridized carbons (Fsp3) is 0.167. The van der Waals surface area contributed by atoms with E-state index in [0.29, 0.717) is 22.6 Å². The van der Waals surface area contributed by atoms with Crippen LogP contribution in [0.1, 0.15) is 5.76 Å². The minimum atomic E-state index is -4.14. The number of benzene rings is 2. The van der Waals surface area contributed by atoms with Gasteiger partial charge in [0.2, 0.25) is 0 Å². The summed E-state index contributed by atoms with van der Waals surface area (Å²) in [4.78, 5) is -1.07. The molecule has 0 radical (unpaired) electrons. The normalized spacial score (nSPS) is 11.6. The Hall–Kier alpha value is -2.52. The van der Waals surface area contributed by atoms with Crippen molar-refractivity contribution < 1.29 is 30.8 Å². The van der Waals surface area contributed by atoms with E-state index < -0.39 is 33.0 Å². The standard InChI is InChI=1S/C18H13ClF3NO4S/c1-26-14-7-9(3-4-11(14)19)17-16(15(8-20)27-23-17)10-5-12(21)18(13(22)6-10)28(2,24)25/h3-7H,8H2,1-2H3. The van der Waals surface area contributed by atoms with Crippen molar-refractivity contribution in [1.82, 2.24) is 5.16 Å². The summed E-state index contributed by atoms with van der Waals surface area (Å²) in [7, 11) is -2.74. The Balaban J connectivity index is 2.25. The molecule has 10 heteroatoms. The molecule has 0 fully saturated rings. The lowest BCUT2D eigenvalue weighted by atomic mass is 9.99. The molecule has 1 aromatic heterocycles. The van der Waals surface area contributed by atoms with Crippen molar-refractivity contribution in [2.24, 2.45) is 0 Å². The second-order valence-corrected chi connectivity index (χ2v) is 8.21. The van der Waals surface area contributed by atoms with Crippen molar-refractivity contribution in [2.45, 2.75) is 11.6 Å². The molecule has 5 nitrogen and oxygen atoms in total. The molecule has 0 saturated carbocycles. The number of hydrogen-bond donors (Lipinski definition) is 0. The predicted octanol–water partition coefficient (Wildman–Crippen LogP) is 4.82. The first-order valence-corrected chi connectivity index (χ1v) is 10.0. The van der Waals surface area contributed by atoms with Crippen molar-refractivity contribution in [3.63, 3.8) is 0 Å². The Bertz CT molecular complexity index is 1140. The third kappa shape index (κ3) is 3.59. The van der Waals surface area contributed by atoms with E-state index in [0.717, 1.165) is 12.1 Å². The summed E-state index contributed by atoms with van der Waals surface area (Å²) in [5, 5.41) is 4.11. The van der Waals surface area contributed by atoms with Gasteiger partial charge in [-0.1, -0.05) is 22.8 Å². The number of aromatic nitrogens is 1. The van der Waals surface area contributed by atoms with Gasteiger partial charge in [-0.2, -0.15) is 0 Å². The van der Waals surface area contributed by atoms with Gasteiger partial charge in [-0.3, -0.25) is 0 Å². The smallest absolute Gasteiger partial charge is 0.181 e.